The van der Waals surface area contributed by atoms with E-state index in [0.29, 0.717) is 17.0 Å². The molecule has 0 fully saturated rings. The quantitative estimate of drug-likeness (QED) is 0.501. The maximum Gasteiger partial charge on any atom is 0.282 e. The molecule has 1 aliphatic heterocycles. The van der Waals surface area contributed by atoms with Crippen LogP contribution in [0.3, 0.4) is 0 Å². The van der Waals surface area contributed by atoms with E-state index in [-0.39, 0.29) is 23.1 Å². The lowest BCUT2D eigenvalue weighted by molar-refractivity contribution is -0.120. The molecule has 33 heavy (non-hydrogen) atoms. The Morgan fingerprint density at radius 1 is 0.879 bits per heavy atom. The molecular formula is C27H25FN2O3. The number of nitrogens with one attached hydrogen (secondary N) is 1. The van der Waals surface area contributed by atoms with Gasteiger partial charge in [0.25, 0.3) is 11.8 Å². The maximum absolute atomic E-state index is 14.6. The van der Waals surface area contributed by atoms with Crippen molar-refractivity contribution in [2.24, 2.45) is 0 Å². The van der Waals surface area contributed by atoms with E-state index in [0.717, 1.165) is 16.0 Å². The monoisotopic (exact) mass is 444 g/mol. The van der Waals surface area contributed by atoms with Crippen molar-refractivity contribution in [2.75, 3.05) is 10.2 Å². The first-order valence-electron chi connectivity index (χ1n) is 10.7. The van der Waals surface area contributed by atoms with Crippen molar-refractivity contribution in [2.45, 2.75) is 33.8 Å². The van der Waals surface area contributed by atoms with Crippen LogP contribution in [0.4, 0.5) is 15.8 Å². The summed E-state index contributed by atoms with van der Waals surface area (Å²) in [4.78, 5) is 27.8. The number of ether oxygens (including phenoxy) is 1. The fourth-order valence-electron chi connectivity index (χ4n) is 3.93. The van der Waals surface area contributed by atoms with Crippen LogP contribution in [0.25, 0.3) is 5.57 Å². The summed E-state index contributed by atoms with van der Waals surface area (Å²) in [7, 11) is 0. The molecule has 4 rings (SSSR count). The number of anilines is 2. The highest BCUT2D eigenvalue weighted by Gasteiger charge is 2.41. The second-order valence-electron chi connectivity index (χ2n) is 8.34. The van der Waals surface area contributed by atoms with Crippen molar-refractivity contribution in [1.82, 2.24) is 0 Å². The Kier molecular flexibility index (Phi) is 6.01. The highest BCUT2D eigenvalue weighted by atomic mass is 19.1. The molecule has 0 radical (unpaired) electrons. The standard InChI is InChI=1S/C27H25FN2O3/c1-16(2)33-21-11-9-19(10-12-21)24-25(29-20-14-17(3)13-18(4)15-20)27(32)30(26(24)31)23-8-6-5-7-22(23)28/h5-16,29H,1-4H3. The molecule has 0 spiro atoms. The predicted molar refractivity (Wildman–Crippen MR) is 128 cm³/mol. The number of aryl methyl sites for hydroxylation is 2. The molecule has 168 valence electrons. The van der Waals surface area contributed by atoms with Crippen LogP contribution in [0.15, 0.2) is 72.4 Å². The average Bonchev–Trinajstić information content (AvgIpc) is 2.98. The SMILES string of the molecule is Cc1cc(C)cc(NC2=C(c3ccc(OC(C)C)cc3)C(=O)N(c3ccccc3F)C2=O)c1. The summed E-state index contributed by atoms with van der Waals surface area (Å²) in [6.07, 6.45) is 0.00286. The molecule has 6 heteroatoms. The Morgan fingerprint density at radius 2 is 1.52 bits per heavy atom. The second kappa shape index (κ2) is 8.90. The van der Waals surface area contributed by atoms with Crippen molar-refractivity contribution in [3.63, 3.8) is 0 Å². The Morgan fingerprint density at radius 3 is 2.12 bits per heavy atom. The number of benzene rings is 3. The average molecular weight is 445 g/mol. The van der Waals surface area contributed by atoms with Crippen LogP contribution >= 0.6 is 0 Å². The highest BCUT2D eigenvalue weighted by molar-refractivity contribution is 6.46. The molecule has 3 aromatic carbocycles. The van der Waals surface area contributed by atoms with Gasteiger partial charge in [-0.25, -0.2) is 9.29 Å². The smallest absolute Gasteiger partial charge is 0.282 e. The number of carbonyl (C=O) groups is 2. The maximum atomic E-state index is 14.6. The molecule has 5 nitrogen and oxygen atoms in total. The van der Waals surface area contributed by atoms with E-state index in [1.54, 1.807) is 30.3 Å². The lowest BCUT2D eigenvalue weighted by Crippen LogP contribution is -2.33. The van der Waals surface area contributed by atoms with Crippen molar-refractivity contribution in [1.29, 1.82) is 0 Å². The van der Waals surface area contributed by atoms with Crippen LogP contribution < -0.4 is 15.0 Å². The van der Waals surface area contributed by atoms with E-state index >= 15 is 0 Å². The lowest BCUT2D eigenvalue weighted by atomic mass is 10.0. The number of rotatable bonds is 6. The second-order valence-corrected chi connectivity index (χ2v) is 8.34. The molecule has 0 aromatic heterocycles. The molecule has 1 aliphatic rings. The Balaban J connectivity index is 1.81. The van der Waals surface area contributed by atoms with Gasteiger partial charge in [-0.2, -0.15) is 0 Å². The van der Waals surface area contributed by atoms with Gasteiger partial charge < -0.3 is 10.1 Å². The van der Waals surface area contributed by atoms with Gasteiger partial charge in [-0.05, 0) is 80.8 Å². The minimum absolute atomic E-state index is 0.00286. The number of carbonyl (C=O) groups excluding carboxylic acids is 2. The molecule has 1 heterocycles. The molecule has 0 unspecified atom stereocenters. The molecular weight excluding hydrogens is 419 g/mol. The number of para-hydroxylation sites is 1. The van der Waals surface area contributed by atoms with Gasteiger partial charge in [0.2, 0.25) is 0 Å². The Labute approximate surface area is 192 Å². The number of imide groups is 1. The minimum atomic E-state index is -0.646. The number of hydrogen-bond acceptors (Lipinski definition) is 4. The summed E-state index contributed by atoms with van der Waals surface area (Å²) < 4.78 is 20.2. The van der Waals surface area contributed by atoms with Crippen LogP contribution in [-0.4, -0.2) is 17.9 Å². The molecule has 3 aromatic rings. The van der Waals surface area contributed by atoms with Crippen LogP contribution in [0.5, 0.6) is 5.75 Å². The van der Waals surface area contributed by atoms with E-state index in [1.807, 2.05) is 45.9 Å². The summed E-state index contributed by atoms with van der Waals surface area (Å²) in [5.41, 5.74) is 3.44. The van der Waals surface area contributed by atoms with Gasteiger partial charge >= 0.3 is 0 Å². The molecule has 2 amide bonds. The van der Waals surface area contributed by atoms with Crippen molar-refractivity contribution in [3.8, 4) is 5.75 Å². The summed E-state index contributed by atoms with van der Waals surface area (Å²) >= 11 is 0. The van der Waals surface area contributed by atoms with Gasteiger partial charge in [0.05, 0.1) is 17.4 Å². The van der Waals surface area contributed by atoms with E-state index in [4.69, 9.17) is 4.74 Å². The lowest BCUT2D eigenvalue weighted by Gasteiger charge is -2.16. The first kappa shape index (κ1) is 22.3. The highest BCUT2D eigenvalue weighted by Crippen LogP contribution is 2.35. The molecule has 0 atom stereocenters. The summed E-state index contributed by atoms with van der Waals surface area (Å²) in [6, 6.07) is 18.5. The summed E-state index contributed by atoms with van der Waals surface area (Å²) in [6.45, 7) is 7.75. The number of nitrogens with zero attached hydrogens (tertiary/aromatic N) is 1. The topological polar surface area (TPSA) is 58.6 Å². The largest absolute Gasteiger partial charge is 0.491 e. The van der Waals surface area contributed by atoms with E-state index in [9.17, 15) is 14.0 Å². The third-order valence-electron chi connectivity index (χ3n) is 5.18. The third kappa shape index (κ3) is 4.51. The Bertz CT molecular complexity index is 1240. The fourth-order valence-corrected chi connectivity index (χ4v) is 3.93. The van der Waals surface area contributed by atoms with Gasteiger partial charge in [0, 0.05) is 5.69 Å². The van der Waals surface area contributed by atoms with Crippen LogP contribution in [0, 0.1) is 19.7 Å². The normalized spacial score (nSPS) is 13.8. The zero-order valence-corrected chi connectivity index (χ0v) is 19.0. The van der Waals surface area contributed by atoms with Gasteiger partial charge in [-0.15, -0.1) is 0 Å². The number of hydrogen-bond donors (Lipinski definition) is 1. The molecule has 0 aliphatic carbocycles. The van der Waals surface area contributed by atoms with E-state index in [1.165, 1.54) is 18.2 Å². The van der Waals surface area contributed by atoms with Gasteiger partial charge in [0.15, 0.2) is 0 Å². The fraction of sp³-hybridized carbons (Fsp3) is 0.185. The van der Waals surface area contributed by atoms with Crippen LogP contribution in [0.1, 0.15) is 30.5 Å². The first-order valence-corrected chi connectivity index (χ1v) is 10.7. The van der Waals surface area contributed by atoms with E-state index < -0.39 is 17.6 Å². The van der Waals surface area contributed by atoms with Crippen molar-refractivity contribution < 1.29 is 18.7 Å². The van der Waals surface area contributed by atoms with Gasteiger partial charge in [0.1, 0.15) is 17.3 Å². The van der Waals surface area contributed by atoms with Gasteiger partial charge in [-0.3, -0.25) is 9.59 Å². The zero-order valence-electron chi connectivity index (χ0n) is 19.0. The molecule has 1 N–H and O–H groups in total. The minimum Gasteiger partial charge on any atom is -0.491 e. The van der Waals surface area contributed by atoms with Crippen molar-refractivity contribution >= 4 is 28.8 Å². The molecule has 0 saturated carbocycles. The Hall–Kier alpha value is -3.93. The summed E-state index contributed by atoms with van der Waals surface area (Å²) in [5.74, 6) is -1.19. The number of amides is 2. The first-order chi connectivity index (χ1) is 15.7. The third-order valence-corrected chi connectivity index (χ3v) is 5.18. The van der Waals surface area contributed by atoms with Gasteiger partial charge in [-0.1, -0.05) is 30.3 Å². The number of halogens is 1. The predicted octanol–water partition coefficient (Wildman–Crippen LogP) is 5.63. The molecule has 0 saturated heterocycles. The van der Waals surface area contributed by atoms with Crippen molar-refractivity contribution in [3.05, 3.63) is 94.9 Å². The zero-order chi connectivity index (χ0) is 23.7. The summed E-state index contributed by atoms with van der Waals surface area (Å²) in [5, 5.41) is 3.13. The van der Waals surface area contributed by atoms with Crippen LogP contribution in [-0.2, 0) is 9.59 Å². The van der Waals surface area contributed by atoms with E-state index in [2.05, 4.69) is 5.32 Å². The van der Waals surface area contributed by atoms with Crippen LogP contribution in [0.2, 0.25) is 0 Å². The molecule has 0 bridgehead atoms.